The van der Waals surface area contributed by atoms with Crippen LogP contribution in [0.5, 0.6) is 0 Å². The fourth-order valence-electron chi connectivity index (χ4n) is 1.98. The molecule has 0 heterocycles. The van der Waals surface area contributed by atoms with E-state index in [1.54, 1.807) is 7.11 Å². The molecule has 0 spiro atoms. The van der Waals surface area contributed by atoms with Gasteiger partial charge >= 0.3 is 5.97 Å². The summed E-state index contributed by atoms with van der Waals surface area (Å²) in [7, 11) is 4.45. The normalized spacial score (nSPS) is 14.8. The molecular weight excluding hydrogens is 268 g/mol. The van der Waals surface area contributed by atoms with Crippen molar-refractivity contribution < 1.29 is 19.0 Å². The summed E-state index contributed by atoms with van der Waals surface area (Å²) < 4.78 is 15.2. The van der Waals surface area contributed by atoms with Crippen LogP contribution in [0, 0.1) is 5.92 Å². The fraction of sp³-hybridized carbons (Fsp3) is 0.353. The Bertz CT molecular complexity index is 491. The molecule has 0 aliphatic rings. The largest absolute Gasteiger partial charge is 0.504 e. The van der Waals surface area contributed by atoms with Crippen molar-refractivity contribution in [2.75, 3.05) is 21.3 Å². The van der Waals surface area contributed by atoms with Gasteiger partial charge in [-0.05, 0) is 5.56 Å². The quantitative estimate of drug-likeness (QED) is 0.440. The van der Waals surface area contributed by atoms with Gasteiger partial charge in [-0.1, -0.05) is 49.4 Å². The Kier molecular flexibility index (Phi) is 7.26. The van der Waals surface area contributed by atoms with E-state index < -0.39 is 5.97 Å². The highest BCUT2D eigenvalue weighted by molar-refractivity contribution is 5.88. The summed E-state index contributed by atoms with van der Waals surface area (Å²) in [5.74, 6) is -0.609. The number of ether oxygens (including phenoxy) is 3. The van der Waals surface area contributed by atoms with Gasteiger partial charge in [0.25, 0.3) is 0 Å². The Labute approximate surface area is 126 Å². The number of esters is 1. The molecule has 0 saturated carbocycles. The summed E-state index contributed by atoms with van der Waals surface area (Å²) in [5, 5.41) is 0. The number of hydrogen-bond donors (Lipinski definition) is 0. The van der Waals surface area contributed by atoms with Crippen LogP contribution in [0.2, 0.25) is 0 Å². The first-order valence-electron chi connectivity index (χ1n) is 6.71. The molecule has 0 aromatic heterocycles. The molecule has 0 aliphatic heterocycles. The summed E-state index contributed by atoms with van der Waals surface area (Å²) >= 11 is 0. The maximum atomic E-state index is 11.8. The van der Waals surface area contributed by atoms with Crippen LogP contribution in [-0.4, -0.2) is 33.4 Å². The Morgan fingerprint density at radius 2 is 1.81 bits per heavy atom. The van der Waals surface area contributed by atoms with Crippen LogP contribution in [-0.2, 0) is 19.0 Å². The molecule has 114 valence electrons. The second-order valence-corrected chi connectivity index (χ2v) is 4.56. The first-order chi connectivity index (χ1) is 10.1. The zero-order valence-electron chi connectivity index (χ0n) is 12.9. The van der Waals surface area contributed by atoms with Gasteiger partial charge in [-0.3, -0.25) is 0 Å². The summed E-state index contributed by atoms with van der Waals surface area (Å²) in [6.45, 7) is 1.89. The lowest BCUT2D eigenvalue weighted by Crippen LogP contribution is -2.24. The highest BCUT2D eigenvalue weighted by Crippen LogP contribution is 2.20. The lowest BCUT2D eigenvalue weighted by molar-refractivity contribution is -0.137. The van der Waals surface area contributed by atoms with Gasteiger partial charge < -0.3 is 14.2 Å². The first kappa shape index (κ1) is 17.0. The Morgan fingerprint density at radius 1 is 1.14 bits per heavy atom. The molecule has 0 amide bonds. The van der Waals surface area contributed by atoms with Gasteiger partial charge in [0.2, 0.25) is 0 Å². The highest BCUT2D eigenvalue weighted by Gasteiger charge is 2.24. The second-order valence-electron chi connectivity index (χ2n) is 4.56. The predicted octanol–water partition coefficient (Wildman–Crippen LogP) is 3.05. The summed E-state index contributed by atoms with van der Waals surface area (Å²) in [6.07, 6.45) is 5.03. The number of rotatable bonds is 7. The van der Waals surface area contributed by atoms with E-state index in [0.717, 1.165) is 5.56 Å². The van der Waals surface area contributed by atoms with Crippen molar-refractivity contribution in [3.63, 3.8) is 0 Å². The molecule has 4 nitrogen and oxygen atoms in total. The van der Waals surface area contributed by atoms with E-state index in [1.807, 2.05) is 49.4 Å². The van der Waals surface area contributed by atoms with Gasteiger partial charge in [-0.25, -0.2) is 4.79 Å². The Hall–Kier alpha value is -2.07. The molecule has 0 unspecified atom stereocenters. The molecule has 21 heavy (non-hydrogen) atoms. The van der Waals surface area contributed by atoms with Crippen LogP contribution < -0.4 is 0 Å². The van der Waals surface area contributed by atoms with Gasteiger partial charge in [0.05, 0.1) is 32.2 Å². The van der Waals surface area contributed by atoms with Crippen LogP contribution in [0.15, 0.2) is 48.2 Å². The first-order valence-corrected chi connectivity index (χ1v) is 6.71. The molecule has 0 aliphatic carbocycles. The molecule has 1 aromatic carbocycles. The maximum Gasteiger partial charge on any atom is 0.337 e. The van der Waals surface area contributed by atoms with E-state index in [4.69, 9.17) is 14.2 Å². The van der Waals surface area contributed by atoms with Crippen molar-refractivity contribution >= 4 is 12.0 Å². The second kappa shape index (κ2) is 8.97. The van der Waals surface area contributed by atoms with Crippen LogP contribution in [0.4, 0.5) is 0 Å². The zero-order chi connectivity index (χ0) is 15.7. The maximum absolute atomic E-state index is 11.8. The topological polar surface area (TPSA) is 44.8 Å². The van der Waals surface area contributed by atoms with E-state index in [9.17, 15) is 4.79 Å². The van der Waals surface area contributed by atoms with Gasteiger partial charge in [-0.2, -0.15) is 0 Å². The monoisotopic (exact) mass is 290 g/mol. The minimum absolute atomic E-state index is 0.192. The Balaban J connectivity index is 2.89. The van der Waals surface area contributed by atoms with Gasteiger partial charge in [0.15, 0.2) is 0 Å². The van der Waals surface area contributed by atoms with Crippen molar-refractivity contribution in [2.24, 2.45) is 5.92 Å². The number of carbonyl (C=O) groups excluding carboxylic acids is 1. The predicted molar refractivity (Wildman–Crippen MR) is 82.5 cm³/mol. The average molecular weight is 290 g/mol. The van der Waals surface area contributed by atoms with Gasteiger partial charge in [0, 0.05) is 13.0 Å². The third kappa shape index (κ3) is 5.08. The standard InChI is InChI=1S/C17H22O4/c1-13(15(12-19-2)17(18)21-4)16(20-3)11-10-14-8-6-5-7-9-14/h5-13,16H,1-4H3/b11-10+,15-12+/t13-,16-/m1/s1. The third-order valence-corrected chi connectivity index (χ3v) is 3.20. The van der Waals surface area contributed by atoms with Crippen molar-refractivity contribution in [2.45, 2.75) is 13.0 Å². The summed E-state index contributed by atoms with van der Waals surface area (Å²) in [5.41, 5.74) is 1.51. The van der Waals surface area contributed by atoms with Crippen LogP contribution in [0.3, 0.4) is 0 Å². The van der Waals surface area contributed by atoms with Crippen molar-refractivity contribution in [1.29, 1.82) is 0 Å². The molecule has 1 aromatic rings. The minimum Gasteiger partial charge on any atom is -0.504 e. The molecule has 0 saturated heterocycles. The van der Waals surface area contributed by atoms with E-state index in [0.29, 0.717) is 5.57 Å². The molecule has 2 atom stereocenters. The van der Waals surface area contributed by atoms with E-state index in [1.165, 1.54) is 20.5 Å². The van der Waals surface area contributed by atoms with E-state index >= 15 is 0 Å². The van der Waals surface area contributed by atoms with Crippen molar-refractivity contribution in [3.05, 3.63) is 53.8 Å². The van der Waals surface area contributed by atoms with Crippen LogP contribution >= 0.6 is 0 Å². The zero-order valence-corrected chi connectivity index (χ0v) is 12.9. The molecule has 1 rings (SSSR count). The third-order valence-electron chi connectivity index (χ3n) is 3.20. The van der Waals surface area contributed by atoms with Crippen molar-refractivity contribution in [1.82, 2.24) is 0 Å². The number of hydrogen-bond acceptors (Lipinski definition) is 4. The van der Waals surface area contributed by atoms with Crippen LogP contribution in [0.25, 0.3) is 6.08 Å². The number of carbonyl (C=O) groups is 1. The molecule has 0 N–H and O–H groups in total. The fourth-order valence-corrected chi connectivity index (χ4v) is 1.98. The molecular formula is C17H22O4. The SMILES string of the molecule is CO/C=C(/C(=O)OC)[C@@H](C)[C@@H](/C=C/c1ccccc1)OC. The Morgan fingerprint density at radius 3 is 2.33 bits per heavy atom. The minimum atomic E-state index is -0.417. The van der Waals surface area contributed by atoms with Crippen molar-refractivity contribution in [3.8, 4) is 0 Å². The smallest absolute Gasteiger partial charge is 0.337 e. The highest BCUT2D eigenvalue weighted by atomic mass is 16.5. The molecule has 0 fully saturated rings. The average Bonchev–Trinajstić information content (AvgIpc) is 2.53. The molecule has 0 bridgehead atoms. The lowest BCUT2D eigenvalue weighted by Gasteiger charge is -2.20. The number of methoxy groups -OCH3 is 3. The van der Waals surface area contributed by atoms with Gasteiger partial charge in [0.1, 0.15) is 0 Å². The number of benzene rings is 1. The van der Waals surface area contributed by atoms with E-state index in [2.05, 4.69) is 0 Å². The van der Waals surface area contributed by atoms with Gasteiger partial charge in [-0.15, -0.1) is 0 Å². The lowest BCUT2D eigenvalue weighted by atomic mass is 9.95. The summed E-state index contributed by atoms with van der Waals surface area (Å²) in [6, 6.07) is 9.90. The molecule has 0 radical (unpaired) electrons. The molecule has 4 heteroatoms. The van der Waals surface area contributed by atoms with E-state index in [-0.39, 0.29) is 12.0 Å². The van der Waals surface area contributed by atoms with Crippen LogP contribution in [0.1, 0.15) is 12.5 Å². The summed E-state index contributed by atoms with van der Waals surface area (Å²) in [4.78, 5) is 11.8.